The third kappa shape index (κ3) is 14.2. The second-order valence-corrected chi connectivity index (χ2v) is 22.0. The second kappa shape index (κ2) is 25.6. The summed E-state index contributed by atoms with van der Waals surface area (Å²) in [5.41, 5.74) is -2.18. The van der Waals surface area contributed by atoms with Crippen LogP contribution in [0, 0.1) is 26.0 Å². The minimum absolute atomic E-state index is 0.0675. The van der Waals surface area contributed by atoms with Crippen LogP contribution in [0.5, 0.6) is 0 Å². The molecular weight excluding hydrogens is 1080 g/mol. The number of carbonyl (C=O) groups excluding carboxylic acids is 2. The van der Waals surface area contributed by atoms with E-state index in [1.54, 1.807) is 51.1 Å². The van der Waals surface area contributed by atoms with Crippen molar-refractivity contribution in [3.05, 3.63) is 136 Å². The van der Waals surface area contributed by atoms with Gasteiger partial charge in [0.1, 0.15) is 50.2 Å². The number of aromatic amines is 2. The van der Waals surface area contributed by atoms with Gasteiger partial charge in [0.15, 0.2) is 16.9 Å². The molecule has 31 heteroatoms. The molecule has 0 aliphatic carbocycles. The van der Waals surface area contributed by atoms with Crippen LogP contribution in [-0.4, -0.2) is 132 Å². The van der Waals surface area contributed by atoms with Crippen LogP contribution in [0.25, 0.3) is 20.9 Å². The van der Waals surface area contributed by atoms with Gasteiger partial charge in [0.25, 0.3) is 11.1 Å². The van der Waals surface area contributed by atoms with Crippen LogP contribution < -0.4 is 27.8 Å². The predicted molar refractivity (Wildman–Crippen MR) is 274 cm³/mol. The van der Waals surface area contributed by atoms with Crippen LogP contribution in [-0.2, 0) is 61.7 Å². The van der Waals surface area contributed by atoms with E-state index in [-0.39, 0.29) is 79.3 Å². The summed E-state index contributed by atoms with van der Waals surface area (Å²) in [6, 6.07) is 9.96. The van der Waals surface area contributed by atoms with Gasteiger partial charge in [-0.2, -0.15) is 9.97 Å². The highest BCUT2D eigenvalue weighted by atomic mass is 31.2. The Balaban J connectivity index is 1.04. The van der Waals surface area contributed by atoms with Crippen LogP contribution in [0.2, 0.25) is 0 Å². The Hall–Kier alpha value is -6.69. The molecule has 5 aromatic rings. The van der Waals surface area contributed by atoms with E-state index in [4.69, 9.17) is 54.5 Å². The molecular formula is C48H57N11O18P2. The molecule has 3 aliphatic rings. The summed E-state index contributed by atoms with van der Waals surface area (Å²) in [5.74, 6) is -1.41. The topological polar surface area (TPSA) is 346 Å². The van der Waals surface area contributed by atoms with E-state index in [9.17, 15) is 43.0 Å². The van der Waals surface area contributed by atoms with Crippen LogP contribution >= 0.6 is 15.6 Å². The SMILES string of the molecule is [C-]#[N+]CCOP(=O)(OCC1OC(n2cnc3c(=O)[nH]c(NC(=O)C(C)C)nc32)CC1OP(=O)(OCC[N+]#[C-])OCC1OC(n2ccc(CC(=O)c3ccccc3)nc2=O)CC1O)OC1CC(n2cc(C)c(=O)[nH]c2=O)OC1CC. The summed E-state index contributed by atoms with van der Waals surface area (Å²) < 4.78 is 87.0. The van der Waals surface area contributed by atoms with Crippen LogP contribution in [0.15, 0.2) is 74.3 Å². The number of rotatable bonds is 25. The number of hydrogen-bond donors (Lipinski definition) is 4. The van der Waals surface area contributed by atoms with Gasteiger partial charge < -0.3 is 29.0 Å². The minimum atomic E-state index is -4.88. The first-order chi connectivity index (χ1) is 37.8. The lowest BCUT2D eigenvalue weighted by Crippen LogP contribution is -2.33. The molecule has 11 unspecified atom stereocenters. The van der Waals surface area contributed by atoms with Crippen molar-refractivity contribution in [2.24, 2.45) is 5.92 Å². The molecule has 0 bridgehead atoms. The lowest BCUT2D eigenvalue weighted by atomic mass is 10.1. The fraction of sp³-hybridized carbons (Fsp3) is 0.521. The molecule has 4 aromatic heterocycles. The third-order valence-electron chi connectivity index (χ3n) is 12.8. The average molecular weight is 1140 g/mol. The summed E-state index contributed by atoms with van der Waals surface area (Å²) in [5, 5.41) is 13.7. The maximum atomic E-state index is 14.8. The molecule has 0 saturated carbocycles. The third-order valence-corrected chi connectivity index (χ3v) is 15.8. The normalized spacial score (nSPS) is 24.5. The smallest absolute Gasteiger partial charge is 0.390 e. The van der Waals surface area contributed by atoms with Gasteiger partial charge in [0.05, 0.1) is 50.0 Å². The molecule has 0 radical (unpaired) electrons. The predicted octanol–water partition coefficient (Wildman–Crippen LogP) is 3.78. The number of ether oxygens (including phenoxy) is 3. The Bertz CT molecular complexity index is 3440. The Kier molecular flexibility index (Phi) is 19.0. The van der Waals surface area contributed by atoms with Crippen molar-refractivity contribution in [3.63, 3.8) is 0 Å². The molecule has 1 amide bonds. The molecule has 7 heterocycles. The van der Waals surface area contributed by atoms with Crippen molar-refractivity contribution < 1.29 is 65.2 Å². The van der Waals surface area contributed by atoms with Gasteiger partial charge in [-0.05, 0) is 19.4 Å². The monoisotopic (exact) mass is 1140 g/mol. The summed E-state index contributed by atoms with van der Waals surface area (Å²) in [7, 11) is -9.65. The molecule has 3 aliphatic heterocycles. The molecule has 29 nitrogen and oxygen atoms in total. The number of aryl methyl sites for hydroxylation is 1. The molecule has 8 rings (SSSR count). The van der Waals surface area contributed by atoms with Crippen LogP contribution in [0.3, 0.4) is 0 Å². The number of anilines is 1. The zero-order valence-electron chi connectivity index (χ0n) is 43.1. The average Bonchev–Trinajstić information content (AvgIpc) is 4.39. The molecule has 1 aromatic carbocycles. The van der Waals surface area contributed by atoms with Gasteiger partial charge in [0.2, 0.25) is 24.9 Å². The Morgan fingerprint density at radius 3 is 2.05 bits per heavy atom. The summed E-state index contributed by atoms with van der Waals surface area (Å²) >= 11 is 0. The van der Waals surface area contributed by atoms with Crippen molar-refractivity contribution in [2.75, 3.05) is 44.8 Å². The first-order valence-electron chi connectivity index (χ1n) is 25.0. The Morgan fingerprint density at radius 1 is 0.810 bits per heavy atom. The number of benzene rings is 1. The number of Topliss-reactive ketones (excluding diaryl/α,β-unsaturated/α-hetero) is 1. The van der Waals surface area contributed by atoms with Gasteiger partial charge >= 0.3 is 27.0 Å². The van der Waals surface area contributed by atoms with E-state index in [2.05, 4.69) is 39.9 Å². The maximum Gasteiger partial charge on any atom is 0.475 e. The number of ketones is 1. The molecule has 11 atom stereocenters. The molecule has 4 N–H and O–H groups in total. The van der Waals surface area contributed by atoms with E-state index < -0.39 is 132 Å². The fourth-order valence-corrected chi connectivity index (χ4v) is 11.4. The Labute approximate surface area is 449 Å². The van der Waals surface area contributed by atoms with Crippen molar-refractivity contribution in [1.82, 2.24) is 38.6 Å². The molecule has 3 saturated heterocycles. The first kappa shape index (κ1) is 58.5. The summed E-state index contributed by atoms with van der Waals surface area (Å²) in [6.07, 6.45) is -6.91. The van der Waals surface area contributed by atoms with E-state index in [1.165, 1.54) is 40.8 Å². The molecule has 422 valence electrons. The minimum Gasteiger partial charge on any atom is -0.390 e. The molecule has 79 heavy (non-hydrogen) atoms. The zero-order chi connectivity index (χ0) is 56.6. The van der Waals surface area contributed by atoms with Crippen molar-refractivity contribution in [2.45, 2.75) is 115 Å². The number of imidazole rings is 1. The van der Waals surface area contributed by atoms with Gasteiger partial charge in [-0.1, -0.05) is 51.1 Å². The summed E-state index contributed by atoms with van der Waals surface area (Å²) in [4.78, 5) is 101. The van der Waals surface area contributed by atoms with Gasteiger partial charge in [0, 0.05) is 48.7 Å². The van der Waals surface area contributed by atoms with Crippen LogP contribution in [0.4, 0.5) is 5.95 Å². The highest BCUT2D eigenvalue weighted by Gasteiger charge is 2.48. The van der Waals surface area contributed by atoms with Gasteiger partial charge in [-0.25, -0.2) is 36.8 Å². The largest absolute Gasteiger partial charge is 0.475 e. The number of H-pyrrole nitrogens is 2. The second-order valence-electron chi connectivity index (χ2n) is 18.7. The number of nitrogens with one attached hydrogen (secondary N) is 3. The number of phosphoric ester groups is 2. The Morgan fingerprint density at radius 2 is 1.42 bits per heavy atom. The molecule has 3 fully saturated rings. The lowest BCUT2D eigenvalue weighted by molar-refractivity contribution is -0.118. The fourth-order valence-electron chi connectivity index (χ4n) is 8.68. The number of fused-ring (bicyclic) bond motifs is 1. The van der Waals surface area contributed by atoms with Gasteiger partial charge in [-0.3, -0.25) is 75.3 Å². The number of hydrogen-bond acceptors (Lipinski definition) is 21. The maximum absolute atomic E-state index is 14.8. The number of aliphatic hydroxyl groups excluding tert-OH is 1. The number of nitrogens with zero attached hydrogens (tertiary/aromatic N) is 8. The quantitative estimate of drug-likeness (QED) is 0.0279. The highest BCUT2D eigenvalue weighted by Crippen LogP contribution is 2.56. The standard InChI is InChI=1S/C48H57N11O18P2/c1-7-33-34(21-39(73-33)58-23-28(4)44(63)56-48(58)66)76-79(68,70-18-15-50-6)72-25-37-35(22-40(75-37)59-26-51-41-42(59)53-46(55-45(41)64)54-43(62)27(2)3)77-78(67,69-17-14-49-5)71-24-36-32(61)20-38(74-36)57-16-13-30(52-47(57)65)19-31(60)29-11-9-8-10-12-29/h8-13,16,23,26-27,32-40,61H,7,14-15,17-22,24-25H2,1-4H3,(H,56,63,66)(H2,53,54,55,62,64). The zero-order valence-corrected chi connectivity index (χ0v) is 44.9. The number of phosphoric acid groups is 2. The van der Waals surface area contributed by atoms with E-state index >= 15 is 0 Å². The molecule has 0 spiro atoms. The van der Waals surface area contributed by atoms with Crippen molar-refractivity contribution in [3.8, 4) is 0 Å². The van der Waals surface area contributed by atoms with Crippen molar-refractivity contribution >= 4 is 44.4 Å². The van der Waals surface area contributed by atoms with Gasteiger partial charge in [-0.15, -0.1) is 0 Å². The highest BCUT2D eigenvalue weighted by molar-refractivity contribution is 7.48. The first-order valence-corrected chi connectivity index (χ1v) is 27.9. The van der Waals surface area contributed by atoms with E-state index in [0.717, 1.165) is 4.57 Å². The number of aliphatic hydroxyl groups is 1. The van der Waals surface area contributed by atoms with E-state index in [1.807, 2.05) is 0 Å². The number of aromatic nitrogens is 8. The number of amides is 1. The number of carbonyl (C=O) groups is 2. The van der Waals surface area contributed by atoms with Crippen molar-refractivity contribution in [1.29, 1.82) is 0 Å². The summed E-state index contributed by atoms with van der Waals surface area (Å²) in [6.45, 7) is 18.3. The lowest BCUT2D eigenvalue weighted by Gasteiger charge is -2.27. The van der Waals surface area contributed by atoms with Crippen LogP contribution in [0.1, 0.15) is 86.8 Å². The van der Waals surface area contributed by atoms with E-state index in [0.29, 0.717) is 5.56 Å².